The van der Waals surface area contributed by atoms with E-state index in [1.807, 2.05) is 7.05 Å². The van der Waals surface area contributed by atoms with E-state index >= 15 is 0 Å². The second kappa shape index (κ2) is 5.15. The second-order valence-electron chi connectivity index (χ2n) is 4.01. The minimum absolute atomic E-state index is 0.0206. The Balaban J connectivity index is 2.56. The lowest BCUT2D eigenvalue weighted by Crippen LogP contribution is -2.39. The van der Waals surface area contributed by atoms with E-state index < -0.39 is 0 Å². The fourth-order valence-corrected chi connectivity index (χ4v) is 1.75. The lowest BCUT2D eigenvalue weighted by atomic mass is 9.99. The number of hydrogen-bond donors (Lipinski definition) is 0. The number of rotatable bonds is 2. The summed E-state index contributed by atoms with van der Waals surface area (Å²) in [6.45, 7) is 7.16. The highest BCUT2D eigenvalue weighted by Gasteiger charge is 2.23. The summed E-state index contributed by atoms with van der Waals surface area (Å²) >= 11 is 0. The molecular weight excluding hydrogens is 178 g/mol. The normalized spacial score (nSPS) is 27.9. The maximum Gasteiger partial charge on any atom is 0.246 e. The molecule has 2 unspecified atom stereocenters. The Morgan fingerprint density at radius 3 is 3.00 bits per heavy atom. The van der Waals surface area contributed by atoms with Crippen molar-refractivity contribution in [3.63, 3.8) is 0 Å². The number of likely N-dealkylation sites (N-methyl/N-ethyl adjacent to an activating group) is 1. The van der Waals surface area contributed by atoms with Gasteiger partial charge in [-0.15, -0.1) is 0 Å². The van der Waals surface area contributed by atoms with Crippen molar-refractivity contribution in [3.05, 3.63) is 12.7 Å². The van der Waals surface area contributed by atoms with E-state index in [1.54, 1.807) is 4.90 Å². The lowest BCUT2D eigenvalue weighted by molar-refractivity contribution is -0.127. The Labute approximate surface area is 85.7 Å². The first-order chi connectivity index (χ1) is 6.65. The van der Waals surface area contributed by atoms with Crippen molar-refractivity contribution in [2.45, 2.75) is 25.8 Å². The van der Waals surface area contributed by atoms with Crippen molar-refractivity contribution in [2.24, 2.45) is 5.92 Å². The van der Waals surface area contributed by atoms with Gasteiger partial charge in [0.05, 0.1) is 12.6 Å². The summed E-state index contributed by atoms with van der Waals surface area (Å²) in [6.07, 6.45) is 3.47. The molecule has 0 spiro atoms. The molecular formula is C11H19NO2. The molecule has 80 valence electrons. The molecule has 1 heterocycles. The van der Waals surface area contributed by atoms with E-state index in [9.17, 15) is 4.79 Å². The van der Waals surface area contributed by atoms with Crippen LogP contribution in [0.1, 0.15) is 19.8 Å². The highest BCUT2D eigenvalue weighted by atomic mass is 16.5. The molecule has 0 aliphatic carbocycles. The molecule has 3 heteroatoms. The predicted octanol–water partition coefficient (Wildman–Crippen LogP) is 1.45. The van der Waals surface area contributed by atoms with Gasteiger partial charge in [0.2, 0.25) is 5.91 Å². The van der Waals surface area contributed by atoms with Gasteiger partial charge in [0.1, 0.15) is 0 Å². The molecule has 1 fully saturated rings. The minimum atomic E-state index is -0.0206. The molecule has 0 aromatic rings. The van der Waals surface area contributed by atoms with Crippen molar-refractivity contribution in [1.82, 2.24) is 4.90 Å². The first-order valence-electron chi connectivity index (χ1n) is 5.12. The van der Waals surface area contributed by atoms with Gasteiger partial charge in [-0.05, 0) is 24.8 Å². The van der Waals surface area contributed by atoms with Gasteiger partial charge in [0.15, 0.2) is 0 Å². The molecule has 0 aromatic carbocycles. The van der Waals surface area contributed by atoms with E-state index in [0.29, 0.717) is 12.5 Å². The average molecular weight is 197 g/mol. The Morgan fingerprint density at radius 2 is 2.36 bits per heavy atom. The molecule has 14 heavy (non-hydrogen) atoms. The summed E-state index contributed by atoms with van der Waals surface area (Å²) in [5.41, 5.74) is 0. The molecule has 1 amide bonds. The molecule has 1 saturated heterocycles. The van der Waals surface area contributed by atoms with E-state index in [1.165, 1.54) is 6.08 Å². The Morgan fingerprint density at radius 1 is 1.64 bits per heavy atom. The van der Waals surface area contributed by atoms with E-state index in [4.69, 9.17) is 4.74 Å². The van der Waals surface area contributed by atoms with Crippen LogP contribution in [-0.2, 0) is 9.53 Å². The van der Waals surface area contributed by atoms with Crippen LogP contribution in [-0.4, -0.2) is 37.1 Å². The Bertz CT molecular complexity index is 215. The van der Waals surface area contributed by atoms with Gasteiger partial charge in [0, 0.05) is 13.7 Å². The van der Waals surface area contributed by atoms with Crippen LogP contribution in [0.25, 0.3) is 0 Å². The zero-order valence-electron chi connectivity index (χ0n) is 9.03. The van der Waals surface area contributed by atoms with Crippen LogP contribution in [0.4, 0.5) is 0 Å². The van der Waals surface area contributed by atoms with Crippen LogP contribution in [0.15, 0.2) is 12.7 Å². The maximum absolute atomic E-state index is 11.4. The quantitative estimate of drug-likeness (QED) is 0.627. The minimum Gasteiger partial charge on any atom is -0.379 e. The maximum atomic E-state index is 11.4. The number of hydrogen-bond acceptors (Lipinski definition) is 2. The first-order valence-corrected chi connectivity index (χ1v) is 5.12. The van der Waals surface area contributed by atoms with Crippen molar-refractivity contribution >= 4 is 5.91 Å². The van der Waals surface area contributed by atoms with Gasteiger partial charge in [-0.3, -0.25) is 4.79 Å². The number of carbonyl (C=O) groups is 1. The summed E-state index contributed by atoms with van der Waals surface area (Å²) < 4.78 is 5.47. The Kier molecular flexibility index (Phi) is 4.14. The number of ether oxygens (including phenoxy) is 1. The molecule has 2 atom stereocenters. The van der Waals surface area contributed by atoms with Crippen LogP contribution in [0.3, 0.4) is 0 Å². The fraction of sp³-hybridized carbons (Fsp3) is 0.727. The van der Waals surface area contributed by atoms with Crippen LogP contribution >= 0.6 is 0 Å². The molecule has 3 nitrogen and oxygen atoms in total. The third-order valence-electron chi connectivity index (χ3n) is 2.81. The van der Waals surface area contributed by atoms with Crippen molar-refractivity contribution in [3.8, 4) is 0 Å². The molecule has 1 aliphatic rings. The van der Waals surface area contributed by atoms with Crippen LogP contribution in [0.5, 0.6) is 0 Å². The smallest absolute Gasteiger partial charge is 0.246 e. The van der Waals surface area contributed by atoms with Gasteiger partial charge in [-0.2, -0.15) is 0 Å². The third kappa shape index (κ3) is 2.84. The topological polar surface area (TPSA) is 29.5 Å². The first kappa shape index (κ1) is 11.2. The average Bonchev–Trinajstić information content (AvgIpc) is 2.40. The van der Waals surface area contributed by atoms with Gasteiger partial charge in [-0.25, -0.2) is 0 Å². The summed E-state index contributed by atoms with van der Waals surface area (Å²) in [7, 11) is 1.82. The molecule has 0 aromatic heterocycles. The molecule has 0 saturated carbocycles. The lowest BCUT2D eigenvalue weighted by Gasteiger charge is -2.26. The molecule has 0 N–H and O–H groups in total. The molecule has 1 rings (SSSR count). The molecule has 0 radical (unpaired) electrons. The third-order valence-corrected chi connectivity index (χ3v) is 2.81. The highest BCUT2D eigenvalue weighted by Crippen LogP contribution is 2.18. The van der Waals surface area contributed by atoms with Crippen molar-refractivity contribution < 1.29 is 9.53 Å². The van der Waals surface area contributed by atoms with Gasteiger partial charge in [0.25, 0.3) is 0 Å². The van der Waals surface area contributed by atoms with Crippen molar-refractivity contribution in [1.29, 1.82) is 0 Å². The summed E-state index contributed by atoms with van der Waals surface area (Å²) in [5.74, 6) is 0.607. The van der Waals surface area contributed by atoms with Crippen molar-refractivity contribution in [2.75, 3.05) is 20.3 Å². The zero-order valence-corrected chi connectivity index (χ0v) is 9.03. The van der Waals surface area contributed by atoms with E-state index in [2.05, 4.69) is 13.5 Å². The van der Waals surface area contributed by atoms with Gasteiger partial charge >= 0.3 is 0 Å². The largest absolute Gasteiger partial charge is 0.379 e. The number of carbonyl (C=O) groups excluding carboxylic acids is 1. The number of amides is 1. The van der Waals surface area contributed by atoms with Crippen LogP contribution in [0, 0.1) is 5.92 Å². The second-order valence-corrected chi connectivity index (χ2v) is 4.01. The highest BCUT2D eigenvalue weighted by molar-refractivity contribution is 5.87. The van der Waals surface area contributed by atoms with Gasteiger partial charge < -0.3 is 9.64 Å². The predicted molar refractivity (Wildman–Crippen MR) is 56.0 cm³/mol. The van der Waals surface area contributed by atoms with E-state index in [-0.39, 0.29) is 11.9 Å². The number of nitrogens with zero attached hydrogens (tertiary/aromatic N) is 1. The zero-order chi connectivity index (χ0) is 10.6. The monoisotopic (exact) mass is 197 g/mol. The SMILES string of the molecule is C=CC(=O)N(C)C1COCCC(C)C1. The van der Waals surface area contributed by atoms with Crippen LogP contribution in [0.2, 0.25) is 0 Å². The Hall–Kier alpha value is -0.830. The summed E-state index contributed by atoms with van der Waals surface area (Å²) in [4.78, 5) is 13.1. The summed E-state index contributed by atoms with van der Waals surface area (Å²) in [6, 6.07) is 0.206. The van der Waals surface area contributed by atoms with Gasteiger partial charge in [-0.1, -0.05) is 13.5 Å². The van der Waals surface area contributed by atoms with Crippen LogP contribution < -0.4 is 0 Å². The summed E-state index contributed by atoms with van der Waals surface area (Å²) in [5, 5.41) is 0. The van der Waals surface area contributed by atoms with E-state index in [0.717, 1.165) is 19.4 Å². The standard InChI is InChI=1S/C11H19NO2/c1-4-11(13)12(3)10-7-9(2)5-6-14-8-10/h4,9-10H,1,5-8H2,2-3H3. The fourth-order valence-electron chi connectivity index (χ4n) is 1.75. The molecule has 1 aliphatic heterocycles. The molecule has 0 bridgehead atoms.